The van der Waals surface area contributed by atoms with Crippen LogP contribution in [-0.2, 0) is 0 Å². The van der Waals surface area contributed by atoms with Crippen LogP contribution >= 0.6 is 0 Å². The Morgan fingerprint density at radius 3 is 1.84 bits per heavy atom. The number of aliphatic imine (C=N–C) groups is 2. The van der Waals surface area contributed by atoms with Crippen molar-refractivity contribution < 1.29 is 10.2 Å². The summed E-state index contributed by atoms with van der Waals surface area (Å²) in [5.41, 5.74) is 1.97. The summed E-state index contributed by atoms with van der Waals surface area (Å²) in [4.78, 5) is 9.71. The average molecular weight is 437 g/mol. The maximum atomic E-state index is 11.1. The van der Waals surface area contributed by atoms with E-state index in [4.69, 9.17) is 9.98 Å². The van der Waals surface area contributed by atoms with Gasteiger partial charge in [0.05, 0.1) is 23.6 Å². The molecule has 2 N–H and O–H groups in total. The minimum atomic E-state index is -0.345. The Labute approximate surface area is 193 Å². The van der Waals surface area contributed by atoms with Crippen LogP contribution in [0.4, 0.5) is 11.4 Å². The van der Waals surface area contributed by atoms with Crippen LogP contribution < -0.4 is 0 Å². The molecule has 0 aliphatic heterocycles. The fraction of sp³-hybridized carbons (Fsp3) is 0.714. The number of para-hydroxylation sites is 2. The number of hydrogen-bond acceptors (Lipinski definition) is 4. The maximum absolute atomic E-state index is 11.1. The van der Waals surface area contributed by atoms with Gasteiger partial charge in [0, 0.05) is 24.3 Å². The van der Waals surface area contributed by atoms with Crippen LogP contribution in [0.15, 0.2) is 34.3 Å². The van der Waals surface area contributed by atoms with Crippen molar-refractivity contribution in [1.29, 1.82) is 0 Å². The van der Waals surface area contributed by atoms with Gasteiger partial charge in [-0.05, 0) is 71.3 Å². The van der Waals surface area contributed by atoms with Crippen molar-refractivity contribution in [1.82, 2.24) is 0 Å². The number of fused-ring (bicyclic) bond motifs is 4. The van der Waals surface area contributed by atoms with Crippen LogP contribution in [0.5, 0.6) is 0 Å². The smallest absolute Gasteiger partial charge is 0.0882 e. The number of aliphatic hydroxyl groups excluding tert-OH is 2. The fourth-order valence-electron chi connectivity index (χ4n) is 8.24. The Hall–Kier alpha value is -1.52. The Morgan fingerprint density at radius 1 is 0.781 bits per heavy atom. The first-order valence-corrected chi connectivity index (χ1v) is 12.5. The molecule has 1 aromatic rings. The third kappa shape index (κ3) is 2.69. The summed E-state index contributed by atoms with van der Waals surface area (Å²) in [6.45, 7) is 13.8. The van der Waals surface area contributed by atoms with E-state index in [1.165, 1.54) is 0 Å². The molecular weight excluding hydrogens is 396 g/mol. The Kier molecular flexibility index (Phi) is 4.87. The predicted molar refractivity (Wildman–Crippen MR) is 131 cm³/mol. The van der Waals surface area contributed by atoms with Gasteiger partial charge in [0.15, 0.2) is 0 Å². The second-order valence-electron chi connectivity index (χ2n) is 12.7. The van der Waals surface area contributed by atoms with Gasteiger partial charge in [0.1, 0.15) is 0 Å². The quantitative estimate of drug-likeness (QED) is 0.572. The lowest BCUT2D eigenvalue weighted by atomic mass is 9.67. The Bertz CT molecular complexity index is 966. The van der Waals surface area contributed by atoms with Crippen molar-refractivity contribution in [3.63, 3.8) is 0 Å². The zero-order valence-corrected chi connectivity index (χ0v) is 20.5. The van der Waals surface area contributed by atoms with E-state index in [1.807, 2.05) is 36.7 Å². The summed E-state index contributed by atoms with van der Waals surface area (Å²) in [6.07, 6.45) is 7.83. The van der Waals surface area contributed by atoms with E-state index >= 15 is 0 Å². The number of hydrogen-bond donors (Lipinski definition) is 2. The molecular formula is C28H40N2O2. The molecule has 4 saturated carbocycles. The van der Waals surface area contributed by atoms with Gasteiger partial charge in [-0.3, -0.25) is 9.98 Å². The van der Waals surface area contributed by atoms with Gasteiger partial charge in [-0.15, -0.1) is 0 Å². The fourth-order valence-corrected chi connectivity index (χ4v) is 8.24. The summed E-state index contributed by atoms with van der Waals surface area (Å²) < 4.78 is 0. The van der Waals surface area contributed by atoms with Crippen LogP contribution in [0.3, 0.4) is 0 Å². The summed E-state index contributed by atoms with van der Waals surface area (Å²) in [7, 11) is 0. The number of benzene rings is 1. The van der Waals surface area contributed by atoms with E-state index in [2.05, 4.69) is 41.5 Å². The first-order valence-electron chi connectivity index (χ1n) is 12.5. The van der Waals surface area contributed by atoms with Crippen LogP contribution in [0.1, 0.15) is 67.2 Å². The van der Waals surface area contributed by atoms with E-state index < -0.39 is 0 Å². The summed E-state index contributed by atoms with van der Waals surface area (Å²) in [6, 6.07) is 7.98. The molecule has 4 bridgehead atoms. The van der Waals surface area contributed by atoms with Gasteiger partial charge in [0.2, 0.25) is 0 Å². The number of nitrogens with zero attached hydrogens (tertiary/aromatic N) is 2. The molecule has 5 rings (SSSR count). The van der Waals surface area contributed by atoms with Gasteiger partial charge in [0.25, 0.3) is 0 Å². The third-order valence-electron chi connectivity index (χ3n) is 11.4. The number of rotatable bonds is 4. The van der Waals surface area contributed by atoms with Gasteiger partial charge in [-0.25, -0.2) is 0 Å². The molecule has 0 radical (unpaired) electrons. The minimum absolute atomic E-state index is 0.0355. The van der Waals surface area contributed by atoms with E-state index in [9.17, 15) is 10.2 Å². The molecule has 4 heteroatoms. The molecule has 4 aliphatic carbocycles. The summed E-state index contributed by atoms with van der Waals surface area (Å²) >= 11 is 0. The van der Waals surface area contributed by atoms with E-state index in [-0.39, 0.29) is 45.7 Å². The molecule has 8 atom stereocenters. The van der Waals surface area contributed by atoms with Crippen LogP contribution in [0, 0.1) is 45.3 Å². The Morgan fingerprint density at radius 2 is 1.31 bits per heavy atom. The van der Waals surface area contributed by atoms with Gasteiger partial charge >= 0.3 is 0 Å². The monoisotopic (exact) mass is 436 g/mol. The van der Waals surface area contributed by atoms with Crippen molar-refractivity contribution >= 4 is 23.8 Å². The molecule has 4 aliphatic rings. The Balaban J connectivity index is 1.39. The summed E-state index contributed by atoms with van der Waals surface area (Å²) in [5, 5.41) is 22.1. The molecule has 1 aromatic carbocycles. The highest BCUT2D eigenvalue weighted by atomic mass is 16.3. The lowest BCUT2D eigenvalue weighted by Gasteiger charge is -2.37. The van der Waals surface area contributed by atoms with Crippen molar-refractivity contribution in [2.24, 2.45) is 55.3 Å². The van der Waals surface area contributed by atoms with Gasteiger partial charge in [-0.1, -0.05) is 53.7 Å². The molecule has 0 amide bonds. The highest BCUT2D eigenvalue weighted by Gasteiger charge is 2.66. The molecule has 8 unspecified atom stereocenters. The lowest BCUT2D eigenvalue weighted by molar-refractivity contribution is 0.00329. The molecule has 174 valence electrons. The lowest BCUT2D eigenvalue weighted by Crippen LogP contribution is -2.37. The van der Waals surface area contributed by atoms with E-state index in [0.29, 0.717) is 11.8 Å². The van der Waals surface area contributed by atoms with Crippen molar-refractivity contribution in [2.75, 3.05) is 0 Å². The first-order chi connectivity index (χ1) is 14.9. The molecule has 32 heavy (non-hydrogen) atoms. The van der Waals surface area contributed by atoms with Crippen LogP contribution in [0.2, 0.25) is 0 Å². The SMILES string of the molecule is CC1(C)C2CCC1(C)C(O)C2C=Nc1ccccc1N=CC1C(O)C2CCC1(C)C2(C)C. The maximum Gasteiger partial charge on any atom is 0.0882 e. The minimum Gasteiger partial charge on any atom is -0.392 e. The zero-order chi connectivity index (χ0) is 23.1. The van der Waals surface area contributed by atoms with Crippen molar-refractivity contribution in [3.05, 3.63) is 24.3 Å². The predicted octanol–water partition coefficient (Wildman–Crippen LogP) is 5.96. The molecule has 0 heterocycles. The van der Waals surface area contributed by atoms with Gasteiger partial charge < -0.3 is 10.2 Å². The van der Waals surface area contributed by atoms with E-state index in [0.717, 1.165) is 37.1 Å². The highest BCUT2D eigenvalue weighted by Crippen LogP contribution is 2.68. The molecule has 0 saturated heterocycles. The highest BCUT2D eigenvalue weighted by molar-refractivity contribution is 5.77. The van der Waals surface area contributed by atoms with Crippen LogP contribution in [-0.4, -0.2) is 34.9 Å². The standard InChI is InChI=1S/C28H40N2O2/c1-25(2)18-11-14-28(25,6)24(32)17(18)15-29-21-9-7-8-10-22(21)30-16-20-23(31)19-12-13-27(20,5)26(19,3)4/h7-10,15-20,23-24,31-32H,11-14H2,1-6H3. The topological polar surface area (TPSA) is 65.2 Å². The first kappa shape index (κ1) is 22.3. The molecule has 4 nitrogen and oxygen atoms in total. The van der Waals surface area contributed by atoms with Gasteiger partial charge in [-0.2, -0.15) is 0 Å². The van der Waals surface area contributed by atoms with Crippen molar-refractivity contribution in [2.45, 2.75) is 79.4 Å². The molecule has 0 spiro atoms. The second kappa shape index (κ2) is 6.99. The molecule has 4 fully saturated rings. The average Bonchev–Trinajstić information content (AvgIpc) is 3.22. The second-order valence-corrected chi connectivity index (χ2v) is 12.7. The van der Waals surface area contributed by atoms with Crippen LogP contribution in [0.25, 0.3) is 0 Å². The largest absolute Gasteiger partial charge is 0.392 e. The normalized spacial score (nSPS) is 46.1. The summed E-state index contributed by atoms with van der Waals surface area (Å²) in [5.74, 6) is 0.976. The zero-order valence-electron chi connectivity index (χ0n) is 20.5. The molecule has 0 aromatic heterocycles. The van der Waals surface area contributed by atoms with E-state index in [1.54, 1.807) is 0 Å². The third-order valence-corrected chi connectivity index (χ3v) is 11.4. The number of aliphatic hydroxyl groups is 2. The van der Waals surface area contributed by atoms with Crippen molar-refractivity contribution in [3.8, 4) is 0 Å².